The second kappa shape index (κ2) is 6.95. The number of rotatable bonds is 6. The van der Waals surface area contributed by atoms with Crippen LogP contribution in [0, 0.1) is 5.82 Å². The molecule has 0 spiro atoms. The van der Waals surface area contributed by atoms with E-state index in [1.54, 1.807) is 17.8 Å². The molecular formula is C17H17BrFNS. The fourth-order valence-corrected chi connectivity index (χ4v) is 3.35. The predicted octanol–water partition coefficient (Wildman–Crippen LogP) is 5.13. The maximum absolute atomic E-state index is 13.7. The van der Waals surface area contributed by atoms with Crippen LogP contribution in [-0.2, 0) is 12.3 Å². The van der Waals surface area contributed by atoms with Gasteiger partial charge in [-0.15, -0.1) is 11.8 Å². The summed E-state index contributed by atoms with van der Waals surface area (Å²) >= 11 is 5.04. The van der Waals surface area contributed by atoms with E-state index in [9.17, 15) is 4.39 Å². The molecule has 4 heteroatoms. The van der Waals surface area contributed by atoms with E-state index < -0.39 is 0 Å². The highest BCUT2D eigenvalue weighted by atomic mass is 79.9. The lowest BCUT2D eigenvalue weighted by Gasteiger charge is -2.06. The summed E-state index contributed by atoms with van der Waals surface area (Å²) in [6, 6.07) is 14.3. The van der Waals surface area contributed by atoms with Gasteiger partial charge in [-0.2, -0.15) is 0 Å². The molecule has 1 N–H and O–H groups in total. The Morgan fingerprint density at radius 2 is 1.90 bits per heavy atom. The predicted molar refractivity (Wildman–Crippen MR) is 90.0 cm³/mol. The van der Waals surface area contributed by atoms with Gasteiger partial charge < -0.3 is 5.32 Å². The zero-order chi connectivity index (χ0) is 14.7. The van der Waals surface area contributed by atoms with Crippen molar-refractivity contribution in [2.45, 2.75) is 36.1 Å². The summed E-state index contributed by atoms with van der Waals surface area (Å²) in [6.07, 6.45) is 2.62. The van der Waals surface area contributed by atoms with Crippen molar-refractivity contribution in [3.8, 4) is 0 Å². The van der Waals surface area contributed by atoms with Crippen LogP contribution < -0.4 is 5.32 Å². The molecule has 2 aromatic rings. The lowest BCUT2D eigenvalue weighted by Crippen LogP contribution is -2.14. The number of thioether (sulfide) groups is 1. The molecule has 1 aliphatic carbocycles. The average molecular weight is 366 g/mol. The van der Waals surface area contributed by atoms with Crippen molar-refractivity contribution in [2.24, 2.45) is 0 Å². The van der Waals surface area contributed by atoms with E-state index in [2.05, 4.69) is 45.5 Å². The molecule has 1 nitrogen and oxygen atoms in total. The molecule has 1 aliphatic rings. The molecule has 0 aliphatic heterocycles. The Balaban J connectivity index is 1.55. The molecule has 3 rings (SSSR count). The van der Waals surface area contributed by atoms with Crippen LogP contribution in [-0.4, -0.2) is 6.04 Å². The van der Waals surface area contributed by atoms with E-state index in [1.165, 1.54) is 29.4 Å². The van der Waals surface area contributed by atoms with Gasteiger partial charge in [0.15, 0.2) is 0 Å². The molecule has 0 unspecified atom stereocenters. The Morgan fingerprint density at radius 1 is 1.14 bits per heavy atom. The number of nitrogens with one attached hydrogen (secondary N) is 1. The van der Waals surface area contributed by atoms with Crippen molar-refractivity contribution in [3.63, 3.8) is 0 Å². The maximum Gasteiger partial charge on any atom is 0.127 e. The summed E-state index contributed by atoms with van der Waals surface area (Å²) in [7, 11) is 0. The summed E-state index contributed by atoms with van der Waals surface area (Å²) in [6.45, 7) is 0.940. The van der Waals surface area contributed by atoms with E-state index in [-0.39, 0.29) is 5.82 Å². The Hall–Kier alpha value is -0.840. The molecule has 110 valence electrons. The van der Waals surface area contributed by atoms with Crippen molar-refractivity contribution in [3.05, 3.63) is 63.9 Å². The quantitative estimate of drug-likeness (QED) is 0.711. The van der Waals surface area contributed by atoms with E-state index in [0.29, 0.717) is 5.75 Å². The molecule has 0 atom stereocenters. The summed E-state index contributed by atoms with van der Waals surface area (Å²) in [5.41, 5.74) is 2.04. The second-order valence-electron chi connectivity index (χ2n) is 5.32. The monoisotopic (exact) mass is 365 g/mol. The molecule has 0 amide bonds. The number of benzene rings is 2. The SMILES string of the molecule is Fc1ccc(Br)cc1CSc1ccc(CNC2CC2)cc1. The molecule has 0 radical (unpaired) electrons. The van der Waals surface area contributed by atoms with Crippen LogP contribution in [0.3, 0.4) is 0 Å². The average Bonchev–Trinajstić information content (AvgIpc) is 3.31. The third-order valence-corrected chi connectivity index (χ3v) is 5.05. The first kappa shape index (κ1) is 15.1. The van der Waals surface area contributed by atoms with Gasteiger partial charge >= 0.3 is 0 Å². The van der Waals surface area contributed by atoms with Crippen molar-refractivity contribution in [1.82, 2.24) is 5.32 Å². The van der Waals surface area contributed by atoms with Crippen molar-refractivity contribution >= 4 is 27.7 Å². The summed E-state index contributed by atoms with van der Waals surface area (Å²) in [4.78, 5) is 1.17. The van der Waals surface area contributed by atoms with Gasteiger partial charge in [0.2, 0.25) is 0 Å². The van der Waals surface area contributed by atoms with E-state index >= 15 is 0 Å². The number of hydrogen-bond acceptors (Lipinski definition) is 2. The third kappa shape index (κ3) is 4.56. The largest absolute Gasteiger partial charge is 0.310 e. The van der Waals surface area contributed by atoms with Crippen LogP contribution in [0.2, 0.25) is 0 Å². The topological polar surface area (TPSA) is 12.0 Å². The van der Waals surface area contributed by atoms with Gasteiger partial charge in [0.25, 0.3) is 0 Å². The van der Waals surface area contributed by atoms with Crippen molar-refractivity contribution in [2.75, 3.05) is 0 Å². The highest BCUT2D eigenvalue weighted by molar-refractivity contribution is 9.10. The van der Waals surface area contributed by atoms with Gasteiger partial charge in [0.1, 0.15) is 5.82 Å². The molecule has 2 aromatic carbocycles. The normalized spacial score (nSPS) is 14.4. The standard InChI is InChI=1S/C17H17BrFNS/c18-14-3-8-17(19)13(9-14)11-21-16-6-1-12(2-7-16)10-20-15-4-5-15/h1-3,6-9,15,20H,4-5,10-11H2. The van der Waals surface area contributed by atoms with Crippen LogP contribution >= 0.6 is 27.7 Å². The first-order valence-electron chi connectivity index (χ1n) is 7.10. The van der Waals surface area contributed by atoms with Gasteiger partial charge in [-0.05, 0) is 54.3 Å². The van der Waals surface area contributed by atoms with Crippen LogP contribution in [0.4, 0.5) is 4.39 Å². The van der Waals surface area contributed by atoms with Crippen molar-refractivity contribution in [1.29, 1.82) is 0 Å². The number of hydrogen-bond donors (Lipinski definition) is 1. The molecule has 1 fully saturated rings. The third-order valence-electron chi connectivity index (χ3n) is 3.50. The molecular weight excluding hydrogens is 349 g/mol. The maximum atomic E-state index is 13.7. The fraction of sp³-hybridized carbons (Fsp3) is 0.294. The Bertz CT molecular complexity index is 611. The summed E-state index contributed by atoms with van der Waals surface area (Å²) in [5, 5.41) is 3.50. The van der Waals surface area contributed by atoms with Gasteiger partial charge in [0, 0.05) is 27.7 Å². The first-order chi connectivity index (χ1) is 10.2. The summed E-state index contributed by atoms with van der Waals surface area (Å²) < 4.78 is 14.6. The van der Waals surface area contributed by atoms with Crippen molar-refractivity contribution < 1.29 is 4.39 Å². The van der Waals surface area contributed by atoms with Crippen LogP contribution in [0.1, 0.15) is 24.0 Å². The van der Waals surface area contributed by atoms with E-state index in [0.717, 1.165) is 22.6 Å². The Labute approximate surface area is 137 Å². The van der Waals surface area contributed by atoms with E-state index in [1.807, 2.05) is 6.07 Å². The van der Waals surface area contributed by atoms with Crippen LogP contribution in [0.25, 0.3) is 0 Å². The second-order valence-corrected chi connectivity index (χ2v) is 7.29. The fourth-order valence-electron chi connectivity index (χ4n) is 2.07. The molecule has 0 heterocycles. The zero-order valence-electron chi connectivity index (χ0n) is 11.6. The lowest BCUT2D eigenvalue weighted by atomic mass is 10.2. The van der Waals surface area contributed by atoms with Crippen LogP contribution in [0.15, 0.2) is 51.8 Å². The molecule has 1 saturated carbocycles. The zero-order valence-corrected chi connectivity index (χ0v) is 14.0. The number of halogens is 2. The van der Waals surface area contributed by atoms with Gasteiger partial charge in [0.05, 0.1) is 0 Å². The van der Waals surface area contributed by atoms with E-state index in [4.69, 9.17) is 0 Å². The molecule has 0 aromatic heterocycles. The Morgan fingerprint density at radius 3 is 2.62 bits per heavy atom. The first-order valence-corrected chi connectivity index (χ1v) is 8.87. The minimum Gasteiger partial charge on any atom is -0.310 e. The highest BCUT2D eigenvalue weighted by Crippen LogP contribution is 2.26. The smallest absolute Gasteiger partial charge is 0.127 e. The van der Waals surface area contributed by atoms with Gasteiger partial charge in [-0.3, -0.25) is 0 Å². The minimum absolute atomic E-state index is 0.143. The highest BCUT2D eigenvalue weighted by Gasteiger charge is 2.19. The minimum atomic E-state index is -0.143. The molecule has 0 bridgehead atoms. The Kier molecular flexibility index (Phi) is 4.99. The summed E-state index contributed by atoms with van der Waals surface area (Å²) in [5.74, 6) is 0.501. The molecule has 21 heavy (non-hydrogen) atoms. The van der Waals surface area contributed by atoms with Gasteiger partial charge in [-0.25, -0.2) is 4.39 Å². The van der Waals surface area contributed by atoms with Gasteiger partial charge in [-0.1, -0.05) is 28.1 Å². The molecule has 0 saturated heterocycles. The van der Waals surface area contributed by atoms with Crippen LogP contribution in [0.5, 0.6) is 0 Å². The lowest BCUT2D eigenvalue weighted by molar-refractivity contribution is 0.617.